The Morgan fingerprint density at radius 2 is 2.12 bits per heavy atom. The van der Waals surface area contributed by atoms with Crippen LogP contribution in [0.5, 0.6) is 0 Å². The molecule has 0 spiro atoms. The number of hydrogen-bond donors (Lipinski definition) is 2. The Labute approximate surface area is 94.0 Å². The van der Waals surface area contributed by atoms with Crippen LogP contribution in [0.25, 0.3) is 0 Å². The Balaban J connectivity index is 1.73. The number of hydrogen-bond acceptors (Lipinski definition) is 2. The third kappa shape index (κ3) is 3.31. The van der Waals surface area contributed by atoms with Gasteiger partial charge in [-0.2, -0.15) is 0 Å². The zero-order chi connectivity index (χ0) is 11.4. The molecule has 2 N–H and O–H groups in total. The van der Waals surface area contributed by atoms with E-state index in [0.29, 0.717) is 18.2 Å². The average Bonchev–Trinajstić information content (AvgIpc) is 3.09. The highest BCUT2D eigenvalue weighted by molar-refractivity contribution is 5.78. The summed E-state index contributed by atoms with van der Waals surface area (Å²) in [6.07, 6.45) is 2.31. The lowest BCUT2D eigenvalue weighted by Gasteiger charge is -2.06. The summed E-state index contributed by atoms with van der Waals surface area (Å²) in [6.45, 7) is 0.566. The van der Waals surface area contributed by atoms with Crippen molar-refractivity contribution in [1.82, 2.24) is 10.6 Å². The molecule has 0 unspecified atom stereocenters. The van der Waals surface area contributed by atoms with E-state index in [9.17, 15) is 9.18 Å². The predicted molar refractivity (Wildman–Crippen MR) is 59.3 cm³/mol. The fourth-order valence-corrected chi connectivity index (χ4v) is 1.42. The Kier molecular flexibility index (Phi) is 3.51. The van der Waals surface area contributed by atoms with Gasteiger partial charge in [0.1, 0.15) is 5.82 Å². The van der Waals surface area contributed by atoms with Gasteiger partial charge in [-0.3, -0.25) is 4.79 Å². The number of rotatable bonds is 5. The summed E-state index contributed by atoms with van der Waals surface area (Å²) in [5, 5.41) is 5.78. The summed E-state index contributed by atoms with van der Waals surface area (Å²) in [5.74, 6) is -0.367. The number of nitrogens with one attached hydrogen (secondary N) is 2. The first-order chi connectivity index (χ1) is 7.75. The molecule has 0 saturated heterocycles. The van der Waals surface area contributed by atoms with Crippen molar-refractivity contribution in [3.05, 3.63) is 35.6 Å². The quantitative estimate of drug-likeness (QED) is 0.785. The molecule has 3 nitrogen and oxygen atoms in total. The van der Waals surface area contributed by atoms with Crippen molar-refractivity contribution < 1.29 is 9.18 Å². The first kappa shape index (κ1) is 11.1. The summed E-state index contributed by atoms with van der Waals surface area (Å²) >= 11 is 0. The van der Waals surface area contributed by atoms with Gasteiger partial charge in [0.2, 0.25) is 5.91 Å². The van der Waals surface area contributed by atoms with Crippen LogP contribution >= 0.6 is 0 Å². The molecule has 1 aliphatic carbocycles. The number of amides is 1. The molecule has 0 aliphatic heterocycles. The molecule has 16 heavy (non-hydrogen) atoms. The van der Waals surface area contributed by atoms with Crippen molar-refractivity contribution in [2.24, 2.45) is 0 Å². The van der Waals surface area contributed by atoms with Crippen molar-refractivity contribution in [2.45, 2.75) is 25.4 Å². The Morgan fingerprint density at radius 3 is 2.81 bits per heavy atom. The number of halogens is 1. The summed E-state index contributed by atoms with van der Waals surface area (Å²) in [7, 11) is 0. The van der Waals surface area contributed by atoms with Gasteiger partial charge in [-0.25, -0.2) is 4.39 Å². The van der Waals surface area contributed by atoms with Gasteiger partial charge in [0.25, 0.3) is 0 Å². The third-order valence-corrected chi connectivity index (χ3v) is 2.56. The maximum absolute atomic E-state index is 13.2. The molecular formula is C12H15FN2O. The zero-order valence-corrected chi connectivity index (χ0v) is 9.00. The molecule has 86 valence electrons. The first-order valence-electron chi connectivity index (χ1n) is 5.49. The average molecular weight is 222 g/mol. The highest BCUT2D eigenvalue weighted by Gasteiger charge is 2.20. The maximum atomic E-state index is 13.2. The van der Waals surface area contributed by atoms with Gasteiger partial charge < -0.3 is 10.6 Å². The molecular weight excluding hydrogens is 207 g/mol. The van der Waals surface area contributed by atoms with Crippen molar-refractivity contribution >= 4 is 5.91 Å². The Hall–Kier alpha value is -1.42. The minimum Gasteiger partial charge on any atom is -0.351 e. The lowest BCUT2D eigenvalue weighted by Crippen LogP contribution is -2.34. The van der Waals surface area contributed by atoms with Gasteiger partial charge in [0.15, 0.2) is 0 Å². The third-order valence-electron chi connectivity index (χ3n) is 2.56. The fraction of sp³-hybridized carbons (Fsp3) is 0.417. The van der Waals surface area contributed by atoms with Crippen LogP contribution in [0.3, 0.4) is 0 Å². The van der Waals surface area contributed by atoms with Crippen LogP contribution < -0.4 is 10.6 Å². The van der Waals surface area contributed by atoms with Crippen LogP contribution in [0.15, 0.2) is 24.3 Å². The SMILES string of the molecule is O=C(CNC1CC1)NCc1ccccc1F. The topological polar surface area (TPSA) is 41.1 Å². The van der Waals surface area contributed by atoms with E-state index in [1.807, 2.05) is 0 Å². The molecule has 1 aliphatic rings. The molecule has 2 rings (SSSR count). The molecule has 4 heteroatoms. The minimum absolute atomic E-state index is 0.0878. The summed E-state index contributed by atoms with van der Waals surface area (Å²) in [4.78, 5) is 11.4. The second kappa shape index (κ2) is 5.07. The van der Waals surface area contributed by atoms with E-state index < -0.39 is 0 Å². The molecule has 1 saturated carbocycles. The van der Waals surface area contributed by atoms with Crippen molar-refractivity contribution in [3.63, 3.8) is 0 Å². The van der Waals surface area contributed by atoms with Gasteiger partial charge in [-0.15, -0.1) is 0 Å². The Morgan fingerprint density at radius 1 is 1.38 bits per heavy atom. The van der Waals surface area contributed by atoms with Crippen molar-refractivity contribution in [3.8, 4) is 0 Å². The molecule has 0 heterocycles. The molecule has 1 fully saturated rings. The summed E-state index contributed by atoms with van der Waals surface area (Å²) < 4.78 is 13.2. The van der Waals surface area contributed by atoms with E-state index >= 15 is 0 Å². The minimum atomic E-state index is -0.280. The van der Waals surface area contributed by atoms with Crippen LogP contribution in [-0.4, -0.2) is 18.5 Å². The molecule has 0 aromatic heterocycles. The number of benzene rings is 1. The van der Waals surface area contributed by atoms with E-state index in [2.05, 4.69) is 10.6 Å². The van der Waals surface area contributed by atoms with Crippen molar-refractivity contribution in [1.29, 1.82) is 0 Å². The second-order valence-corrected chi connectivity index (χ2v) is 4.02. The highest BCUT2D eigenvalue weighted by atomic mass is 19.1. The van der Waals surface area contributed by atoms with E-state index in [4.69, 9.17) is 0 Å². The molecule has 1 aromatic rings. The van der Waals surface area contributed by atoms with E-state index in [-0.39, 0.29) is 18.3 Å². The van der Waals surface area contributed by atoms with Gasteiger partial charge >= 0.3 is 0 Å². The van der Waals surface area contributed by atoms with E-state index in [1.165, 1.54) is 6.07 Å². The van der Waals surface area contributed by atoms with Gasteiger partial charge in [-0.05, 0) is 18.9 Å². The maximum Gasteiger partial charge on any atom is 0.234 e. The van der Waals surface area contributed by atoms with E-state index in [1.54, 1.807) is 18.2 Å². The van der Waals surface area contributed by atoms with Crippen LogP contribution in [-0.2, 0) is 11.3 Å². The van der Waals surface area contributed by atoms with Crippen LogP contribution in [0.4, 0.5) is 4.39 Å². The largest absolute Gasteiger partial charge is 0.351 e. The lowest BCUT2D eigenvalue weighted by molar-refractivity contribution is -0.120. The lowest BCUT2D eigenvalue weighted by atomic mass is 10.2. The molecule has 0 bridgehead atoms. The molecule has 1 amide bonds. The normalized spacial score (nSPS) is 14.8. The van der Waals surface area contributed by atoms with Gasteiger partial charge in [-0.1, -0.05) is 18.2 Å². The summed E-state index contributed by atoms with van der Waals surface area (Å²) in [6, 6.07) is 6.97. The number of carbonyl (C=O) groups excluding carboxylic acids is 1. The molecule has 0 radical (unpaired) electrons. The van der Waals surface area contributed by atoms with E-state index in [0.717, 1.165) is 12.8 Å². The first-order valence-corrected chi connectivity index (χ1v) is 5.49. The standard InChI is InChI=1S/C12H15FN2O/c13-11-4-2-1-3-9(11)7-15-12(16)8-14-10-5-6-10/h1-4,10,14H,5-8H2,(H,15,16). The van der Waals surface area contributed by atoms with Gasteiger partial charge in [0, 0.05) is 18.2 Å². The smallest absolute Gasteiger partial charge is 0.234 e. The van der Waals surface area contributed by atoms with Crippen LogP contribution in [0, 0.1) is 5.82 Å². The predicted octanol–water partition coefficient (Wildman–Crippen LogP) is 1.19. The van der Waals surface area contributed by atoms with Crippen LogP contribution in [0.2, 0.25) is 0 Å². The Bertz CT molecular complexity index is 377. The molecule has 1 aromatic carbocycles. The summed E-state index contributed by atoms with van der Waals surface area (Å²) in [5.41, 5.74) is 0.516. The van der Waals surface area contributed by atoms with Crippen LogP contribution in [0.1, 0.15) is 18.4 Å². The monoisotopic (exact) mass is 222 g/mol. The van der Waals surface area contributed by atoms with Crippen molar-refractivity contribution in [2.75, 3.05) is 6.54 Å². The molecule has 0 atom stereocenters. The fourth-order valence-electron chi connectivity index (χ4n) is 1.42. The van der Waals surface area contributed by atoms with Gasteiger partial charge in [0.05, 0.1) is 6.54 Å². The zero-order valence-electron chi connectivity index (χ0n) is 9.00. The second-order valence-electron chi connectivity index (χ2n) is 4.02. The highest BCUT2D eigenvalue weighted by Crippen LogP contribution is 2.17. The number of carbonyl (C=O) groups is 1.